The van der Waals surface area contributed by atoms with Gasteiger partial charge in [-0.2, -0.15) is 0 Å². The van der Waals surface area contributed by atoms with Crippen molar-refractivity contribution in [2.24, 2.45) is 0 Å². The van der Waals surface area contributed by atoms with E-state index in [0.717, 1.165) is 5.56 Å². The van der Waals surface area contributed by atoms with Crippen molar-refractivity contribution in [3.8, 4) is 0 Å². The summed E-state index contributed by atoms with van der Waals surface area (Å²) >= 11 is 0. The first-order chi connectivity index (χ1) is 6.89. The van der Waals surface area contributed by atoms with Crippen molar-refractivity contribution < 1.29 is 17.4 Å². The van der Waals surface area contributed by atoms with Crippen molar-refractivity contribution >= 4 is 6.98 Å². The molecular weight excluding hydrogens is 206 g/mol. The molecule has 0 unspecified atom stereocenters. The second-order valence-electron chi connectivity index (χ2n) is 3.54. The fraction of sp³-hybridized carbons (Fsp3) is 0.333. The minimum atomic E-state index is -4.93. The van der Waals surface area contributed by atoms with E-state index in [0.29, 0.717) is 6.54 Å². The lowest BCUT2D eigenvalue weighted by Gasteiger charge is -2.23. The minimum Gasteiger partial charge on any atom is -0.472 e. The summed E-state index contributed by atoms with van der Waals surface area (Å²) in [6, 6.07) is 1.72. The lowest BCUT2D eigenvalue weighted by Crippen LogP contribution is -2.29. The summed E-state index contributed by atoms with van der Waals surface area (Å²) in [5.41, 5.74) is 0.168. The standard InChI is InChI=1S/C9H12BF3NO/c1-8(10(11,12)13)5-14(2)6-9-3-4-15-7-9/h3-4,7H,1,5-6H2,2H3/q-1. The first-order valence-electron chi connectivity index (χ1n) is 4.47. The van der Waals surface area contributed by atoms with Crippen LogP contribution in [0.4, 0.5) is 12.9 Å². The molecule has 0 radical (unpaired) electrons. The third-order valence-electron chi connectivity index (χ3n) is 1.97. The number of nitrogens with zero attached hydrogens (tertiary/aromatic N) is 1. The largest absolute Gasteiger partial charge is 0.506 e. The Morgan fingerprint density at radius 3 is 2.67 bits per heavy atom. The van der Waals surface area contributed by atoms with Crippen molar-refractivity contribution in [3.05, 3.63) is 36.2 Å². The Morgan fingerprint density at radius 1 is 1.53 bits per heavy atom. The second kappa shape index (κ2) is 4.57. The van der Waals surface area contributed by atoms with Crippen LogP contribution in [0, 0.1) is 0 Å². The van der Waals surface area contributed by atoms with E-state index < -0.39 is 12.4 Å². The Bertz CT molecular complexity index is 321. The van der Waals surface area contributed by atoms with E-state index in [1.165, 1.54) is 12.5 Å². The maximum absolute atomic E-state index is 12.2. The van der Waals surface area contributed by atoms with Gasteiger partial charge in [0.25, 0.3) is 0 Å². The lowest BCUT2D eigenvalue weighted by atomic mass is 9.80. The predicted molar refractivity (Wildman–Crippen MR) is 53.3 cm³/mol. The first kappa shape index (κ1) is 11.9. The molecule has 15 heavy (non-hydrogen) atoms. The molecule has 1 aromatic heterocycles. The third kappa shape index (κ3) is 3.83. The van der Waals surface area contributed by atoms with E-state index in [9.17, 15) is 12.9 Å². The second-order valence-corrected chi connectivity index (χ2v) is 3.54. The molecule has 0 bridgehead atoms. The molecule has 0 fully saturated rings. The van der Waals surface area contributed by atoms with Crippen LogP contribution >= 0.6 is 0 Å². The van der Waals surface area contributed by atoms with Crippen LogP contribution in [0.3, 0.4) is 0 Å². The summed E-state index contributed by atoms with van der Waals surface area (Å²) in [4.78, 5) is 1.54. The smallest absolute Gasteiger partial charge is 0.472 e. The van der Waals surface area contributed by atoms with Crippen LogP contribution in [0.1, 0.15) is 5.56 Å². The molecule has 0 aliphatic rings. The molecule has 84 valence electrons. The number of furan rings is 1. The van der Waals surface area contributed by atoms with Gasteiger partial charge in [-0.25, -0.2) is 0 Å². The molecule has 2 nitrogen and oxygen atoms in total. The summed E-state index contributed by atoms with van der Waals surface area (Å²) in [7, 11) is 1.61. The number of halogens is 3. The molecule has 0 saturated heterocycles. The number of hydrogen-bond acceptors (Lipinski definition) is 2. The van der Waals surface area contributed by atoms with Crippen molar-refractivity contribution in [1.82, 2.24) is 4.90 Å². The molecule has 0 saturated carbocycles. The zero-order chi connectivity index (χ0) is 11.5. The number of rotatable bonds is 5. The quantitative estimate of drug-likeness (QED) is 0.706. The van der Waals surface area contributed by atoms with E-state index in [4.69, 9.17) is 4.42 Å². The molecule has 0 atom stereocenters. The molecule has 0 spiro atoms. The Morgan fingerprint density at radius 2 is 2.20 bits per heavy atom. The van der Waals surface area contributed by atoms with E-state index >= 15 is 0 Å². The fourth-order valence-electron chi connectivity index (χ4n) is 1.20. The van der Waals surface area contributed by atoms with Crippen LogP contribution < -0.4 is 0 Å². The molecule has 0 aromatic carbocycles. The van der Waals surface area contributed by atoms with Crippen molar-refractivity contribution in [1.29, 1.82) is 0 Å². The van der Waals surface area contributed by atoms with E-state index in [1.54, 1.807) is 18.0 Å². The van der Waals surface area contributed by atoms with Crippen LogP contribution in [0.2, 0.25) is 0 Å². The van der Waals surface area contributed by atoms with Gasteiger partial charge >= 0.3 is 6.98 Å². The molecule has 1 aromatic rings. The average molecular weight is 218 g/mol. The average Bonchev–Trinajstić information content (AvgIpc) is 2.54. The summed E-state index contributed by atoms with van der Waals surface area (Å²) in [5, 5.41) is 0. The Balaban J connectivity index is 2.43. The molecule has 0 N–H and O–H groups in total. The highest BCUT2D eigenvalue weighted by molar-refractivity contribution is 6.66. The van der Waals surface area contributed by atoms with E-state index in [1.807, 2.05) is 0 Å². The zero-order valence-corrected chi connectivity index (χ0v) is 8.42. The highest BCUT2D eigenvalue weighted by Gasteiger charge is 2.27. The molecule has 0 amide bonds. The predicted octanol–water partition coefficient (Wildman–Crippen LogP) is 2.65. The summed E-state index contributed by atoms with van der Waals surface area (Å²) in [6.07, 6.45) is 3.00. The van der Waals surface area contributed by atoms with Crippen LogP contribution in [0.25, 0.3) is 0 Å². The van der Waals surface area contributed by atoms with Gasteiger partial charge in [0.15, 0.2) is 0 Å². The van der Waals surface area contributed by atoms with Gasteiger partial charge in [-0.05, 0) is 19.7 Å². The molecular formula is C9H12BF3NO-. The van der Waals surface area contributed by atoms with E-state index in [-0.39, 0.29) is 6.54 Å². The molecule has 1 rings (SSSR count). The third-order valence-corrected chi connectivity index (χ3v) is 1.97. The first-order valence-corrected chi connectivity index (χ1v) is 4.47. The van der Waals surface area contributed by atoms with Crippen LogP contribution in [-0.4, -0.2) is 25.5 Å². The van der Waals surface area contributed by atoms with Crippen LogP contribution in [-0.2, 0) is 6.54 Å². The van der Waals surface area contributed by atoms with Crippen molar-refractivity contribution in [2.45, 2.75) is 6.54 Å². The molecule has 6 heteroatoms. The van der Waals surface area contributed by atoms with Gasteiger partial charge in [0, 0.05) is 12.1 Å². The normalized spacial score (nSPS) is 12.1. The van der Waals surface area contributed by atoms with Gasteiger partial charge in [0.1, 0.15) is 0 Å². The number of hydrogen-bond donors (Lipinski definition) is 0. The fourth-order valence-corrected chi connectivity index (χ4v) is 1.20. The van der Waals surface area contributed by atoms with Crippen molar-refractivity contribution in [2.75, 3.05) is 13.6 Å². The maximum atomic E-state index is 12.2. The number of likely N-dealkylation sites (N-methyl/N-ethyl adjacent to an activating group) is 1. The zero-order valence-electron chi connectivity index (χ0n) is 8.42. The summed E-state index contributed by atoms with van der Waals surface area (Å²) < 4.78 is 41.4. The molecule has 1 heterocycles. The highest BCUT2D eigenvalue weighted by atomic mass is 19.4. The van der Waals surface area contributed by atoms with Gasteiger partial charge in [-0.1, -0.05) is 0 Å². The SMILES string of the molecule is C=C(CN(C)Cc1ccoc1)[B-](F)(F)F. The van der Waals surface area contributed by atoms with Crippen molar-refractivity contribution in [3.63, 3.8) is 0 Å². The van der Waals surface area contributed by atoms with Gasteiger partial charge in [0.05, 0.1) is 12.5 Å². The Labute approximate surface area is 86.4 Å². The Kier molecular flexibility index (Phi) is 3.63. The lowest BCUT2D eigenvalue weighted by molar-refractivity contribution is 0.349. The van der Waals surface area contributed by atoms with Gasteiger partial charge in [-0.3, -0.25) is 0 Å². The summed E-state index contributed by atoms with van der Waals surface area (Å²) in [5.74, 6) is 0. The molecule has 0 aliphatic heterocycles. The minimum absolute atomic E-state index is 0.172. The molecule has 0 aliphatic carbocycles. The Hall–Kier alpha value is -1.17. The van der Waals surface area contributed by atoms with Crippen LogP contribution in [0.5, 0.6) is 0 Å². The van der Waals surface area contributed by atoms with E-state index in [2.05, 4.69) is 6.58 Å². The van der Waals surface area contributed by atoms with Gasteiger partial charge < -0.3 is 22.3 Å². The van der Waals surface area contributed by atoms with Gasteiger partial charge in [0.2, 0.25) is 0 Å². The summed E-state index contributed by atoms with van der Waals surface area (Å²) in [6.45, 7) is -1.65. The van der Waals surface area contributed by atoms with Gasteiger partial charge in [-0.15, -0.1) is 12.1 Å². The monoisotopic (exact) mass is 218 g/mol. The van der Waals surface area contributed by atoms with Crippen LogP contribution in [0.15, 0.2) is 35.1 Å². The maximum Gasteiger partial charge on any atom is 0.506 e. The highest BCUT2D eigenvalue weighted by Crippen LogP contribution is 2.19. The topological polar surface area (TPSA) is 16.4 Å².